The number of likely N-dealkylation sites (tertiary alicyclic amines) is 1. The standard InChI is InChI=1S/C16H25N5OS/c1-12-11-23-16(17-12)10-21-7-4-5-14(6-8-21)20(3)9-15-18-13(2)22-19-15/h11,14H,4-10H2,1-3H3/t14-/m1/s1. The molecule has 1 atom stereocenters. The lowest BCUT2D eigenvalue weighted by Gasteiger charge is -2.26. The summed E-state index contributed by atoms with van der Waals surface area (Å²) in [7, 11) is 2.16. The van der Waals surface area contributed by atoms with Crippen molar-refractivity contribution < 1.29 is 4.52 Å². The Labute approximate surface area is 141 Å². The molecule has 0 aromatic carbocycles. The normalized spacial score (nSPS) is 20.1. The number of rotatable bonds is 5. The summed E-state index contributed by atoms with van der Waals surface area (Å²) in [5.41, 5.74) is 1.13. The zero-order valence-electron chi connectivity index (χ0n) is 14.2. The summed E-state index contributed by atoms with van der Waals surface area (Å²) in [5.74, 6) is 1.42. The monoisotopic (exact) mass is 335 g/mol. The second-order valence-corrected chi connectivity index (χ2v) is 7.33. The number of aryl methyl sites for hydroxylation is 2. The average Bonchev–Trinajstić information content (AvgIpc) is 3.02. The highest BCUT2D eigenvalue weighted by Gasteiger charge is 2.22. The lowest BCUT2D eigenvalue weighted by atomic mass is 10.1. The minimum Gasteiger partial charge on any atom is -0.340 e. The third-order valence-electron chi connectivity index (χ3n) is 4.40. The van der Waals surface area contributed by atoms with Gasteiger partial charge in [0.1, 0.15) is 5.01 Å². The van der Waals surface area contributed by atoms with E-state index in [1.165, 1.54) is 24.3 Å². The van der Waals surface area contributed by atoms with E-state index in [1.54, 1.807) is 11.3 Å². The van der Waals surface area contributed by atoms with E-state index in [0.29, 0.717) is 11.9 Å². The Morgan fingerprint density at radius 1 is 1.30 bits per heavy atom. The van der Waals surface area contributed by atoms with Crippen molar-refractivity contribution in [3.8, 4) is 0 Å². The lowest BCUT2D eigenvalue weighted by Crippen LogP contribution is -2.33. The van der Waals surface area contributed by atoms with Crippen LogP contribution in [0.5, 0.6) is 0 Å². The molecule has 3 heterocycles. The van der Waals surface area contributed by atoms with Crippen LogP contribution in [-0.4, -0.2) is 51.1 Å². The highest BCUT2D eigenvalue weighted by atomic mass is 32.1. The van der Waals surface area contributed by atoms with Crippen molar-refractivity contribution in [1.29, 1.82) is 0 Å². The fourth-order valence-corrected chi connectivity index (χ4v) is 3.97. The maximum Gasteiger partial charge on any atom is 0.223 e. The molecule has 1 saturated heterocycles. The van der Waals surface area contributed by atoms with Crippen molar-refractivity contribution in [2.24, 2.45) is 0 Å². The van der Waals surface area contributed by atoms with E-state index in [0.717, 1.165) is 37.7 Å². The zero-order valence-corrected chi connectivity index (χ0v) is 15.0. The Balaban J connectivity index is 1.51. The van der Waals surface area contributed by atoms with Crippen LogP contribution in [0.25, 0.3) is 0 Å². The largest absolute Gasteiger partial charge is 0.340 e. The summed E-state index contributed by atoms with van der Waals surface area (Å²) < 4.78 is 5.06. The van der Waals surface area contributed by atoms with Crippen LogP contribution >= 0.6 is 11.3 Å². The first kappa shape index (κ1) is 16.5. The molecule has 0 amide bonds. The molecule has 6 nitrogen and oxygen atoms in total. The van der Waals surface area contributed by atoms with Gasteiger partial charge >= 0.3 is 0 Å². The van der Waals surface area contributed by atoms with Crippen molar-refractivity contribution in [3.63, 3.8) is 0 Å². The Hall–Kier alpha value is -1.31. The molecule has 126 valence electrons. The molecular weight excluding hydrogens is 310 g/mol. The molecule has 0 spiro atoms. The van der Waals surface area contributed by atoms with Crippen LogP contribution in [-0.2, 0) is 13.1 Å². The molecule has 0 N–H and O–H groups in total. The molecule has 3 rings (SSSR count). The third-order valence-corrected chi connectivity index (χ3v) is 5.35. The molecule has 1 fully saturated rings. The van der Waals surface area contributed by atoms with E-state index < -0.39 is 0 Å². The van der Waals surface area contributed by atoms with Crippen LogP contribution < -0.4 is 0 Å². The molecule has 2 aromatic heterocycles. The van der Waals surface area contributed by atoms with Gasteiger partial charge in [0.25, 0.3) is 0 Å². The van der Waals surface area contributed by atoms with Gasteiger partial charge in [-0.2, -0.15) is 4.98 Å². The molecule has 1 aliphatic rings. The van der Waals surface area contributed by atoms with E-state index in [4.69, 9.17) is 4.52 Å². The maximum atomic E-state index is 5.06. The predicted molar refractivity (Wildman–Crippen MR) is 90.3 cm³/mol. The molecule has 23 heavy (non-hydrogen) atoms. The van der Waals surface area contributed by atoms with Crippen molar-refractivity contribution in [2.45, 2.75) is 52.2 Å². The molecule has 7 heteroatoms. The number of thiazole rings is 1. The van der Waals surface area contributed by atoms with Gasteiger partial charge in [0, 0.05) is 30.6 Å². The Morgan fingerprint density at radius 2 is 2.17 bits per heavy atom. The minimum absolute atomic E-state index is 0.580. The van der Waals surface area contributed by atoms with E-state index in [1.807, 2.05) is 6.92 Å². The molecule has 1 aliphatic heterocycles. The Morgan fingerprint density at radius 3 is 2.87 bits per heavy atom. The summed E-state index contributed by atoms with van der Waals surface area (Å²) in [5, 5.41) is 7.37. The van der Waals surface area contributed by atoms with Gasteiger partial charge in [-0.1, -0.05) is 5.16 Å². The van der Waals surface area contributed by atoms with Crippen LogP contribution in [0.3, 0.4) is 0 Å². The number of aromatic nitrogens is 3. The average molecular weight is 335 g/mol. The van der Waals surface area contributed by atoms with Crippen LogP contribution in [0.15, 0.2) is 9.90 Å². The summed E-state index contributed by atoms with van der Waals surface area (Å²) in [6.45, 7) is 7.92. The first-order chi connectivity index (χ1) is 11.1. The summed E-state index contributed by atoms with van der Waals surface area (Å²) >= 11 is 1.77. The van der Waals surface area contributed by atoms with Crippen LogP contribution in [0.1, 0.15) is 41.7 Å². The molecule has 0 radical (unpaired) electrons. The fourth-order valence-electron chi connectivity index (χ4n) is 3.16. The maximum absolute atomic E-state index is 5.06. The topological polar surface area (TPSA) is 58.3 Å². The SMILES string of the molecule is Cc1csc(CN2CCC[C@@H](N(C)Cc3noc(C)n3)CC2)n1. The smallest absolute Gasteiger partial charge is 0.223 e. The first-order valence-electron chi connectivity index (χ1n) is 8.23. The van der Waals surface area contributed by atoms with Crippen molar-refractivity contribution in [1.82, 2.24) is 24.9 Å². The predicted octanol–water partition coefficient (Wildman–Crippen LogP) is 2.63. The minimum atomic E-state index is 0.580. The van der Waals surface area contributed by atoms with Gasteiger partial charge in [-0.15, -0.1) is 11.3 Å². The molecule has 0 saturated carbocycles. The van der Waals surface area contributed by atoms with Gasteiger partial charge in [-0.25, -0.2) is 4.98 Å². The second kappa shape index (κ2) is 7.51. The summed E-state index contributed by atoms with van der Waals surface area (Å²) in [4.78, 5) is 13.8. The van der Waals surface area contributed by atoms with Gasteiger partial charge in [-0.05, 0) is 39.8 Å². The van der Waals surface area contributed by atoms with E-state index in [-0.39, 0.29) is 0 Å². The van der Waals surface area contributed by atoms with Gasteiger partial charge < -0.3 is 4.52 Å². The highest BCUT2D eigenvalue weighted by Crippen LogP contribution is 2.20. The molecule has 0 aliphatic carbocycles. The van der Waals surface area contributed by atoms with Gasteiger partial charge in [0.05, 0.1) is 13.1 Å². The van der Waals surface area contributed by atoms with Gasteiger partial charge in [-0.3, -0.25) is 9.80 Å². The van der Waals surface area contributed by atoms with E-state index in [2.05, 4.69) is 44.3 Å². The molecule has 0 bridgehead atoms. The summed E-state index contributed by atoms with van der Waals surface area (Å²) in [6, 6.07) is 0.580. The fraction of sp³-hybridized carbons (Fsp3) is 0.688. The van der Waals surface area contributed by atoms with Crippen molar-refractivity contribution in [3.05, 3.63) is 27.8 Å². The zero-order chi connectivity index (χ0) is 16.2. The number of nitrogens with zero attached hydrogens (tertiary/aromatic N) is 5. The van der Waals surface area contributed by atoms with E-state index in [9.17, 15) is 0 Å². The first-order valence-corrected chi connectivity index (χ1v) is 9.11. The molecule has 0 unspecified atom stereocenters. The molecular formula is C16H25N5OS. The number of hydrogen-bond acceptors (Lipinski definition) is 7. The number of hydrogen-bond donors (Lipinski definition) is 0. The molecule has 2 aromatic rings. The lowest BCUT2D eigenvalue weighted by molar-refractivity contribution is 0.200. The van der Waals surface area contributed by atoms with Crippen LogP contribution in [0.4, 0.5) is 0 Å². The Bertz CT molecular complexity index is 626. The summed E-state index contributed by atoms with van der Waals surface area (Å²) in [6.07, 6.45) is 3.63. The van der Waals surface area contributed by atoms with Crippen LogP contribution in [0, 0.1) is 13.8 Å². The second-order valence-electron chi connectivity index (χ2n) is 6.39. The van der Waals surface area contributed by atoms with E-state index >= 15 is 0 Å². The quantitative estimate of drug-likeness (QED) is 0.837. The van der Waals surface area contributed by atoms with Crippen LogP contribution in [0.2, 0.25) is 0 Å². The van der Waals surface area contributed by atoms with Gasteiger partial charge in [0.2, 0.25) is 5.89 Å². The highest BCUT2D eigenvalue weighted by molar-refractivity contribution is 7.09. The third kappa shape index (κ3) is 4.59. The van der Waals surface area contributed by atoms with Crippen molar-refractivity contribution >= 4 is 11.3 Å². The van der Waals surface area contributed by atoms with Gasteiger partial charge in [0.15, 0.2) is 5.82 Å². The van der Waals surface area contributed by atoms with Crippen molar-refractivity contribution in [2.75, 3.05) is 20.1 Å². The Kier molecular flexibility index (Phi) is 5.40.